The lowest BCUT2D eigenvalue weighted by Gasteiger charge is -2.30. The van der Waals surface area contributed by atoms with Gasteiger partial charge in [-0.15, -0.1) is 0 Å². The minimum Gasteiger partial charge on any atom is -0.369 e. The summed E-state index contributed by atoms with van der Waals surface area (Å²) in [5.74, 6) is 1.04. The van der Waals surface area contributed by atoms with Crippen LogP contribution >= 0.6 is 0 Å². The van der Waals surface area contributed by atoms with Gasteiger partial charge in [0.1, 0.15) is 0 Å². The minimum absolute atomic E-state index is 0.0417. The summed E-state index contributed by atoms with van der Waals surface area (Å²) in [5, 5.41) is 3.08. The highest BCUT2D eigenvalue weighted by molar-refractivity contribution is 5.74. The summed E-state index contributed by atoms with van der Waals surface area (Å²) in [4.78, 5) is 16.9. The number of nitrogens with zero attached hydrogens (tertiary/aromatic N) is 2. The number of hydrogen-bond acceptors (Lipinski definition) is 3. The Balaban J connectivity index is 1.38. The van der Waals surface area contributed by atoms with Crippen LogP contribution in [0.15, 0.2) is 24.3 Å². The number of carbonyl (C=O) groups is 1. The van der Waals surface area contributed by atoms with Crippen LogP contribution in [0.5, 0.6) is 0 Å². The van der Waals surface area contributed by atoms with Crippen molar-refractivity contribution in [1.29, 1.82) is 0 Å². The number of aryl methyl sites for hydroxylation is 1. The van der Waals surface area contributed by atoms with Crippen LogP contribution in [0.25, 0.3) is 0 Å². The molecule has 0 radical (unpaired) electrons. The van der Waals surface area contributed by atoms with E-state index < -0.39 is 0 Å². The number of amides is 2. The number of fused-ring (bicyclic) bond motifs is 1. The van der Waals surface area contributed by atoms with Crippen molar-refractivity contribution in [2.45, 2.75) is 38.0 Å². The number of likely N-dealkylation sites (tertiary alicyclic amines) is 1. The first-order valence-corrected chi connectivity index (χ1v) is 9.38. The topological polar surface area (TPSA) is 44.8 Å². The van der Waals surface area contributed by atoms with Crippen LogP contribution in [0, 0.1) is 18.8 Å². The van der Waals surface area contributed by atoms with Crippen LogP contribution in [-0.4, -0.2) is 61.3 Å². The summed E-state index contributed by atoms with van der Waals surface area (Å²) in [5.41, 5.74) is 2.30. The molecule has 1 spiro atoms. The molecule has 3 fully saturated rings. The van der Waals surface area contributed by atoms with E-state index in [9.17, 15) is 4.79 Å². The fourth-order valence-electron chi connectivity index (χ4n) is 5.01. The van der Waals surface area contributed by atoms with Gasteiger partial charge in [-0.1, -0.05) is 29.8 Å². The number of benzene rings is 1. The molecule has 0 unspecified atom stereocenters. The Bertz CT molecular complexity index is 645. The molecule has 1 N–H and O–H groups in total. The molecule has 136 valence electrons. The van der Waals surface area contributed by atoms with Gasteiger partial charge in [0.25, 0.3) is 0 Å². The molecule has 0 aromatic heterocycles. The van der Waals surface area contributed by atoms with Crippen LogP contribution in [0.1, 0.15) is 24.0 Å². The SMILES string of the molecule is Cc1ccc(CNC(=O)N2C[C@@H]3[C@H](CN(C)C)[C@H]4CC[C@]3(C2)O4)cc1. The molecule has 2 bridgehead atoms. The van der Waals surface area contributed by atoms with Crippen molar-refractivity contribution in [3.8, 4) is 0 Å². The molecule has 4 atom stereocenters. The van der Waals surface area contributed by atoms with Crippen LogP contribution in [-0.2, 0) is 11.3 Å². The molecule has 5 nitrogen and oxygen atoms in total. The van der Waals surface area contributed by atoms with Crippen molar-refractivity contribution in [2.75, 3.05) is 33.7 Å². The highest BCUT2D eigenvalue weighted by atomic mass is 16.5. The van der Waals surface area contributed by atoms with Crippen molar-refractivity contribution in [2.24, 2.45) is 11.8 Å². The monoisotopic (exact) mass is 343 g/mol. The fraction of sp³-hybridized carbons (Fsp3) is 0.650. The molecule has 0 aliphatic carbocycles. The standard InChI is InChI=1S/C20H29N3O2/c1-14-4-6-15(7-5-14)10-21-19(24)23-12-17-16(11-22(2)3)18-8-9-20(17,13-23)25-18/h4-7,16-18H,8-13H2,1-3H3,(H,21,24)/t16-,17+,18+,20+/m0/s1. The number of ether oxygens (including phenoxy) is 1. The number of carbonyl (C=O) groups excluding carboxylic acids is 1. The molecule has 2 amide bonds. The molecule has 5 heteroatoms. The highest BCUT2D eigenvalue weighted by Crippen LogP contribution is 2.54. The van der Waals surface area contributed by atoms with Crippen LogP contribution in [0.2, 0.25) is 0 Å². The second-order valence-corrected chi connectivity index (χ2v) is 8.32. The molecule has 3 aliphatic rings. The van der Waals surface area contributed by atoms with E-state index >= 15 is 0 Å². The molecule has 3 heterocycles. The first-order valence-electron chi connectivity index (χ1n) is 9.38. The minimum atomic E-state index is -0.0768. The third-order valence-corrected chi connectivity index (χ3v) is 6.21. The zero-order valence-corrected chi connectivity index (χ0v) is 15.5. The maximum absolute atomic E-state index is 12.7. The number of nitrogens with one attached hydrogen (secondary N) is 1. The largest absolute Gasteiger partial charge is 0.369 e. The van der Waals surface area contributed by atoms with E-state index in [-0.39, 0.29) is 11.6 Å². The van der Waals surface area contributed by atoms with Crippen molar-refractivity contribution >= 4 is 6.03 Å². The second-order valence-electron chi connectivity index (χ2n) is 8.32. The molecular formula is C20H29N3O2. The Labute approximate surface area is 150 Å². The average Bonchev–Trinajstić information content (AvgIpc) is 3.23. The van der Waals surface area contributed by atoms with E-state index in [0.717, 1.165) is 38.0 Å². The van der Waals surface area contributed by atoms with E-state index in [1.165, 1.54) is 5.56 Å². The smallest absolute Gasteiger partial charge is 0.317 e. The van der Waals surface area contributed by atoms with Crippen LogP contribution in [0.4, 0.5) is 4.79 Å². The van der Waals surface area contributed by atoms with Gasteiger partial charge in [-0.25, -0.2) is 4.79 Å². The summed E-state index contributed by atoms with van der Waals surface area (Å²) in [6.07, 6.45) is 2.65. The third kappa shape index (κ3) is 3.04. The summed E-state index contributed by atoms with van der Waals surface area (Å²) < 4.78 is 6.41. The molecular weight excluding hydrogens is 314 g/mol. The first-order chi connectivity index (χ1) is 12.0. The second kappa shape index (κ2) is 6.29. The third-order valence-electron chi connectivity index (χ3n) is 6.21. The number of rotatable bonds is 4. The van der Waals surface area contributed by atoms with Crippen molar-refractivity contribution in [3.05, 3.63) is 35.4 Å². The molecule has 1 aromatic carbocycles. The van der Waals surface area contributed by atoms with Gasteiger partial charge in [0.15, 0.2) is 0 Å². The normalized spacial score (nSPS) is 33.1. The molecule has 3 aliphatic heterocycles. The zero-order chi connectivity index (χ0) is 17.6. The van der Waals surface area contributed by atoms with Gasteiger partial charge in [0, 0.05) is 31.5 Å². The van der Waals surface area contributed by atoms with Gasteiger partial charge in [-0.3, -0.25) is 0 Å². The molecule has 3 saturated heterocycles. The van der Waals surface area contributed by atoms with E-state index in [1.54, 1.807) is 0 Å². The first kappa shape index (κ1) is 16.9. The molecule has 0 saturated carbocycles. The lowest BCUT2D eigenvalue weighted by atomic mass is 9.73. The Morgan fingerprint density at radius 1 is 1.36 bits per heavy atom. The summed E-state index contributed by atoms with van der Waals surface area (Å²) in [6.45, 7) is 5.28. The Morgan fingerprint density at radius 3 is 2.84 bits per heavy atom. The van der Waals surface area contributed by atoms with E-state index in [1.807, 2.05) is 4.90 Å². The Kier molecular flexibility index (Phi) is 4.24. The Morgan fingerprint density at radius 2 is 2.12 bits per heavy atom. The van der Waals surface area contributed by atoms with Gasteiger partial charge in [-0.05, 0) is 39.4 Å². The van der Waals surface area contributed by atoms with Crippen molar-refractivity contribution in [1.82, 2.24) is 15.1 Å². The Hall–Kier alpha value is -1.59. The van der Waals surface area contributed by atoms with Gasteiger partial charge in [0.05, 0.1) is 18.2 Å². The van der Waals surface area contributed by atoms with Crippen molar-refractivity contribution < 1.29 is 9.53 Å². The average molecular weight is 343 g/mol. The fourth-order valence-corrected chi connectivity index (χ4v) is 5.01. The van der Waals surface area contributed by atoms with E-state index in [2.05, 4.69) is 55.5 Å². The maximum Gasteiger partial charge on any atom is 0.317 e. The summed E-state index contributed by atoms with van der Waals surface area (Å²) in [7, 11) is 4.25. The van der Waals surface area contributed by atoms with Gasteiger partial charge < -0.3 is 19.9 Å². The molecule has 1 aromatic rings. The van der Waals surface area contributed by atoms with E-state index in [0.29, 0.717) is 24.5 Å². The predicted octanol–water partition coefficient (Wildman–Crippen LogP) is 2.25. The lowest BCUT2D eigenvalue weighted by Crippen LogP contribution is -2.41. The van der Waals surface area contributed by atoms with E-state index in [4.69, 9.17) is 4.74 Å². The summed E-state index contributed by atoms with van der Waals surface area (Å²) >= 11 is 0. The summed E-state index contributed by atoms with van der Waals surface area (Å²) in [6, 6.07) is 8.35. The van der Waals surface area contributed by atoms with Crippen molar-refractivity contribution in [3.63, 3.8) is 0 Å². The highest BCUT2D eigenvalue weighted by Gasteiger charge is 2.63. The molecule has 25 heavy (non-hydrogen) atoms. The van der Waals surface area contributed by atoms with Gasteiger partial charge in [0.2, 0.25) is 0 Å². The van der Waals surface area contributed by atoms with Gasteiger partial charge >= 0.3 is 6.03 Å². The lowest BCUT2D eigenvalue weighted by molar-refractivity contribution is 0.00492. The maximum atomic E-state index is 12.7. The van der Waals surface area contributed by atoms with Crippen LogP contribution in [0.3, 0.4) is 0 Å². The quantitative estimate of drug-likeness (QED) is 0.912. The number of urea groups is 1. The zero-order valence-electron chi connectivity index (χ0n) is 15.5. The molecule has 4 rings (SSSR count). The van der Waals surface area contributed by atoms with Gasteiger partial charge in [-0.2, -0.15) is 0 Å². The predicted molar refractivity (Wildman–Crippen MR) is 97.4 cm³/mol. The van der Waals surface area contributed by atoms with Crippen LogP contribution < -0.4 is 5.32 Å². The number of hydrogen-bond donors (Lipinski definition) is 1.